The summed E-state index contributed by atoms with van der Waals surface area (Å²) in [5.74, 6) is 1.48. The molecule has 0 amide bonds. The van der Waals surface area contributed by atoms with Crippen LogP contribution in [0.1, 0.15) is 40.5 Å². The average Bonchev–Trinajstić information content (AvgIpc) is 1.81. The molecule has 0 aromatic rings. The molecule has 0 N–H and O–H groups in total. The van der Waals surface area contributed by atoms with E-state index in [1.54, 1.807) is 0 Å². The molecule has 1 atom stereocenters. The van der Waals surface area contributed by atoms with Crippen molar-refractivity contribution >= 4 is 11.6 Å². The zero-order valence-electron chi connectivity index (χ0n) is 7.58. The standard InChI is InChI=1S/C9H19Cl/c1-8(7-10)5-6-9(2,3)4/h8H,5-7H2,1-4H3. The third kappa shape index (κ3) is 6.41. The second kappa shape index (κ2) is 4.23. The highest BCUT2D eigenvalue weighted by molar-refractivity contribution is 6.18. The zero-order valence-corrected chi connectivity index (χ0v) is 8.33. The summed E-state index contributed by atoms with van der Waals surface area (Å²) in [7, 11) is 0. The molecular weight excluding hydrogens is 144 g/mol. The van der Waals surface area contributed by atoms with Gasteiger partial charge >= 0.3 is 0 Å². The second-order valence-corrected chi connectivity index (χ2v) is 4.67. The van der Waals surface area contributed by atoms with Gasteiger partial charge < -0.3 is 0 Å². The van der Waals surface area contributed by atoms with Gasteiger partial charge in [0.05, 0.1) is 0 Å². The molecule has 0 aliphatic rings. The molecule has 62 valence electrons. The molecule has 0 spiro atoms. The van der Waals surface area contributed by atoms with Crippen LogP contribution in [0.2, 0.25) is 0 Å². The van der Waals surface area contributed by atoms with Crippen LogP contribution >= 0.6 is 11.6 Å². The first kappa shape index (κ1) is 10.3. The molecule has 0 saturated heterocycles. The summed E-state index contributed by atoms with van der Waals surface area (Å²) in [5, 5.41) is 0. The lowest BCUT2D eigenvalue weighted by molar-refractivity contribution is 0.339. The van der Waals surface area contributed by atoms with Crippen LogP contribution < -0.4 is 0 Å². The van der Waals surface area contributed by atoms with Crippen LogP contribution in [-0.4, -0.2) is 5.88 Å². The quantitative estimate of drug-likeness (QED) is 0.556. The summed E-state index contributed by atoms with van der Waals surface area (Å²) in [5.41, 5.74) is 0.473. The van der Waals surface area contributed by atoms with Crippen molar-refractivity contribution in [3.05, 3.63) is 0 Å². The molecule has 0 aliphatic carbocycles. The predicted octanol–water partition coefficient (Wildman–Crippen LogP) is 3.69. The minimum absolute atomic E-state index is 0.473. The van der Waals surface area contributed by atoms with Gasteiger partial charge in [-0.05, 0) is 24.2 Å². The van der Waals surface area contributed by atoms with Gasteiger partial charge in [-0.3, -0.25) is 0 Å². The number of hydrogen-bond acceptors (Lipinski definition) is 0. The monoisotopic (exact) mass is 162 g/mol. The van der Waals surface area contributed by atoms with Crippen LogP contribution in [0.5, 0.6) is 0 Å². The highest BCUT2D eigenvalue weighted by Gasteiger charge is 2.11. The molecule has 1 heteroatoms. The molecule has 0 aliphatic heterocycles. The van der Waals surface area contributed by atoms with Crippen molar-refractivity contribution in [3.8, 4) is 0 Å². The minimum atomic E-state index is 0.473. The lowest BCUT2D eigenvalue weighted by atomic mass is 9.88. The Kier molecular flexibility index (Phi) is 4.35. The molecule has 0 fully saturated rings. The van der Waals surface area contributed by atoms with Gasteiger partial charge in [0.25, 0.3) is 0 Å². The largest absolute Gasteiger partial charge is 0.126 e. The third-order valence-electron chi connectivity index (χ3n) is 1.65. The summed E-state index contributed by atoms with van der Waals surface area (Å²) in [4.78, 5) is 0. The fraction of sp³-hybridized carbons (Fsp3) is 1.00. The smallest absolute Gasteiger partial charge is 0.0249 e. The van der Waals surface area contributed by atoms with Gasteiger partial charge in [0, 0.05) is 5.88 Å². The van der Waals surface area contributed by atoms with Gasteiger partial charge in [-0.15, -0.1) is 11.6 Å². The van der Waals surface area contributed by atoms with Crippen LogP contribution in [0.4, 0.5) is 0 Å². The first-order chi connectivity index (χ1) is 4.45. The van der Waals surface area contributed by atoms with Crippen molar-refractivity contribution in [1.82, 2.24) is 0 Å². The van der Waals surface area contributed by atoms with E-state index in [9.17, 15) is 0 Å². The van der Waals surface area contributed by atoms with Crippen LogP contribution in [0, 0.1) is 11.3 Å². The Balaban J connectivity index is 3.36. The van der Waals surface area contributed by atoms with Gasteiger partial charge in [-0.25, -0.2) is 0 Å². The van der Waals surface area contributed by atoms with Gasteiger partial charge in [-0.2, -0.15) is 0 Å². The Hall–Kier alpha value is 0.290. The van der Waals surface area contributed by atoms with E-state index in [4.69, 9.17) is 11.6 Å². The Labute approximate surface area is 70.0 Å². The Morgan fingerprint density at radius 2 is 1.80 bits per heavy atom. The van der Waals surface area contributed by atoms with E-state index in [2.05, 4.69) is 27.7 Å². The summed E-state index contributed by atoms with van der Waals surface area (Å²) < 4.78 is 0. The Bertz CT molecular complexity index is 81.2. The van der Waals surface area contributed by atoms with Crippen LogP contribution in [0.25, 0.3) is 0 Å². The average molecular weight is 163 g/mol. The number of alkyl halides is 1. The van der Waals surface area contributed by atoms with E-state index >= 15 is 0 Å². The van der Waals surface area contributed by atoms with Crippen LogP contribution in [0.3, 0.4) is 0 Å². The van der Waals surface area contributed by atoms with Crippen molar-refractivity contribution in [2.45, 2.75) is 40.5 Å². The zero-order chi connectivity index (χ0) is 8.20. The molecule has 0 aromatic carbocycles. The van der Waals surface area contributed by atoms with Crippen molar-refractivity contribution in [1.29, 1.82) is 0 Å². The Morgan fingerprint density at radius 1 is 1.30 bits per heavy atom. The summed E-state index contributed by atoms with van der Waals surface area (Å²) in [6.07, 6.45) is 2.54. The third-order valence-corrected chi connectivity index (χ3v) is 2.18. The molecule has 0 bridgehead atoms. The number of halogens is 1. The lowest BCUT2D eigenvalue weighted by Crippen LogP contribution is -2.08. The van der Waals surface area contributed by atoms with E-state index in [1.165, 1.54) is 12.8 Å². The van der Waals surface area contributed by atoms with Crippen molar-refractivity contribution in [3.63, 3.8) is 0 Å². The van der Waals surface area contributed by atoms with E-state index < -0.39 is 0 Å². The molecule has 0 rings (SSSR count). The fourth-order valence-corrected chi connectivity index (χ4v) is 0.911. The van der Waals surface area contributed by atoms with Crippen LogP contribution in [-0.2, 0) is 0 Å². The van der Waals surface area contributed by atoms with Gasteiger partial charge in [-0.1, -0.05) is 27.7 Å². The molecule has 0 saturated carbocycles. The summed E-state index contributed by atoms with van der Waals surface area (Å²) >= 11 is 5.68. The highest BCUT2D eigenvalue weighted by atomic mass is 35.5. The van der Waals surface area contributed by atoms with Gasteiger partial charge in [0.2, 0.25) is 0 Å². The van der Waals surface area contributed by atoms with E-state index in [-0.39, 0.29) is 0 Å². The molecule has 0 heterocycles. The van der Waals surface area contributed by atoms with Crippen molar-refractivity contribution in [2.75, 3.05) is 5.88 Å². The van der Waals surface area contributed by atoms with Crippen molar-refractivity contribution in [2.24, 2.45) is 11.3 Å². The lowest BCUT2D eigenvalue weighted by Gasteiger charge is -2.19. The van der Waals surface area contributed by atoms with E-state index in [0.717, 1.165) is 5.88 Å². The molecule has 0 aromatic heterocycles. The summed E-state index contributed by atoms with van der Waals surface area (Å²) in [6.45, 7) is 9.02. The normalized spacial score (nSPS) is 15.3. The predicted molar refractivity (Wildman–Crippen MR) is 48.6 cm³/mol. The first-order valence-electron chi connectivity index (χ1n) is 4.01. The summed E-state index contributed by atoms with van der Waals surface area (Å²) in [6, 6.07) is 0. The van der Waals surface area contributed by atoms with Gasteiger partial charge in [0.1, 0.15) is 0 Å². The highest BCUT2D eigenvalue weighted by Crippen LogP contribution is 2.23. The van der Waals surface area contributed by atoms with E-state index in [1.807, 2.05) is 0 Å². The molecular formula is C9H19Cl. The first-order valence-corrected chi connectivity index (χ1v) is 4.55. The maximum atomic E-state index is 5.68. The maximum Gasteiger partial charge on any atom is 0.0249 e. The molecule has 1 unspecified atom stereocenters. The van der Waals surface area contributed by atoms with Crippen molar-refractivity contribution < 1.29 is 0 Å². The second-order valence-electron chi connectivity index (χ2n) is 4.36. The topological polar surface area (TPSA) is 0 Å². The number of rotatable bonds is 3. The maximum absolute atomic E-state index is 5.68. The fourth-order valence-electron chi connectivity index (χ4n) is 0.757. The molecule has 10 heavy (non-hydrogen) atoms. The molecule has 0 radical (unpaired) electrons. The Morgan fingerprint density at radius 3 is 2.10 bits per heavy atom. The number of hydrogen-bond donors (Lipinski definition) is 0. The van der Waals surface area contributed by atoms with Crippen LogP contribution in [0.15, 0.2) is 0 Å². The van der Waals surface area contributed by atoms with Gasteiger partial charge in [0.15, 0.2) is 0 Å². The SMILES string of the molecule is CC(CCl)CCC(C)(C)C. The molecule has 0 nitrogen and oxygen atoms in total. The van der Waals surface area contributed by atoms with E-state index in [0.29, 0.717) is 11.3 Å². The minimum Gasteiger partial charge on any atom is -0.126 e.